The monoisotopic (exact) mass is 322 g/mol. The summed E-state index contributed by atoms with van der Waals surface area (Å²) in [7, 11) is 0. The molecule has 0 bridgehead atoms. The Morgan fingerprint density at radius 1 is 1.04 bits per heavy atom. The van der Waals surface area contributed by atoms with Crippen molar-refractivity contribution in [2.24, 2.45) is 10.2 Å². The molecule has 5 heteroatoms. The van der Waals surface area contributed by atoms with Crippen molar-refractivity contribution in [3.05, 3.63) is 77.4 Å². The van der Waals surface area contributed by atoms with Gasteiger partial charge in [-0.2, -0.15) is 10.2 Å². The number of esters is 1. The average Bonchev–Trinajstić information content (AvgIpc) is 2.63. The highest BCUT2D eigenvalue weighted by Gasteiger charge is 2.16. The van der Waals surface area contributed by atoms with Crippen molar-refractivity contribution in [1.82, 2.24) is 0 Å². The molecule has 0 aromatic heterocycles. The lowest BCUT2D eigenvalue weighted by Crippen LogP contribution is -2.11. The van der Waals surface area contributed by atoms with E-state index in [-0.39, 0.29) is 17.9 Å². The molecule has 0 amide bonds. The minimum Gasteiger partial charge on any atom is -0.506 e. The Bertz CT molecular complexity index is 751. The van der Waals surface area contributed by atoms with E-state index in [1.165, 1.54) is 6.21 Å². The molecule has 0 heterocycles. The standard InChI is InChI=1S/C19H18N2O3/c1-2-24-19(23)17(18(22)16-11-7-4-8-12-16)14-21-20-13-15-9-5-3-6-10-15/h3-14,22H,2H2,1H3/b18-17-,20-13?,21-14+. The van der Waals surface area contributed by atoms with Crippen molar-refractivity contribution in [2.45, 2.75) is 6.92 Å². The number of aliphatic hydroxyl groups is 1. The molecule has 0 unspecified atom stereocenters. The van der Waals surface area contributed by atoms with Crippen molar-refractivity contribution in [2.75, 3.05) is 6.61 Å². The van der Waals surface area contributed by atoms with Crippen LogP contribution in [0.5, 0.6) is 0 Å². The molecular formula is C19H18N2O3. The second-order valence-corrected chi connectivity index (χ2v) is 4.75. The van der Waals surface area contributed by atoms with Gasteiger partial charge in [0.15, 0.2) is 0 Å². The Morgan fingerprint density at radius 3 is 2.29 bits per heavy atom. The predicted octanol–water partition coefficient (Wildman–Crippen LogP) is 3.62. The van der Waals surface area contributed by atoms with Gasteiger partial charge in [0.25, 0.3) is 0 Å². The molecule has 0 spiro atoms. The Kier molecular flexibility index (Phi) is 6.46. The Hall–Kier alpha value is -3.21. The van der Waals surface area contributed by atoms with Crippen molar-refractivity contribution >= 4 is 24.2 Å². The van der Waals surface area contributed by atoms with Crippen LogP contribution in [0.3, 0.4) is 0 Å². The zero-order chi connectivity index (χ0) is 17.2. The molecule has 0 radical (unpaired) electrons. The minimum absolute atomic E-state index is 0.0479. The highest BCUT2D eigenvalue weighted by atomic mass is 16.5. The van der Waals surface area contributed by atoms with E-state index in [0.29, 0.717) is 5.56 Å². The van der Waals surface area contributed by atoms with Crippen molar-refractivity contribution in [3.8, 4) is 0 Å². The van der Waals surface area contributed by atoms with Gasteiger partial charge in [-0.1, -0.05) is 60.7 Å². The van der Waals surface area contributed by atoms with Crippen molar-refractivity contribution in [3.63, 3.8) is 0 Å². The maximum absolute atomic E-state index is 12.0. The number of carbonyl (C=O) groups excluding carboxylic acids is 1. The van der Waals surface area contributed by atoms with Crippen molar-refractivity contribution in [1.29, 1.82) is 0 Å². The summed E-state index contributed by atoms with van der Waals surface area (Å²) in [5.41, 5.74) is 1.33. The van der Waals surface area contributed by atoms with E-state index in [1.54, 1.807) is 37.4 Å². The number of ether oxygens (including phenoxy) is 1. The molecule has 0 aliphatic heterocycles. The fourth-order valence-corrected chi connectivity index (χ4v) is 1.90. The SMILES string of the molecule is CCOC(=O)C(/C=N/N=Cc1ccccc1)=C(\O)c1ccccc1. The number of hydrogen-bond donors (Lipinski definition) is 1. The van der Waals surface area contributed by atoms with E-state index in [9.17, 15) is 9.90 Å². The summed E-state index contributed by atoms with van der Waals surface area (Å²) in [6.07, 6.45) is 2.75. The molecule has 1 N–H and O–H groups in total. The number of carbonyl (C=O) groups is 1. The van der Waals surface area contributed by atoms with Gasteiger partial charge in [-0.05, 0) is 12.5 Å². The lowest BCUT2D eigenvalue weighted by atomic mass is 10.1. The molecule has 0 saturated heterocycles. The topological polar surface area (TPSA) is 71.2 Å². The molecule has 0 aliphatic carbocycles. The summed E-state index contributed by atoms with van der Waals surface area (Å²) in [5.74, 6) is -0.856. The minimum atomic E-state index is -0.655. The summed E-state index contributed by atoms with van der Waals surface area (Å²) >= 11 is 0. The number of hydrogen-bond acceptors (Lipinski definition) is 5. The summed E-state index contributed by atoms with van der Waals surface area (Å²) < 4.78 is 4.96. The van der Waals surface area contributed by atoms with Gasteiger partial charge in [-0.3, -0.25) is 0 Å². The fourth-order valence-electron chi connectivity index (χ4n) is 1.90. The molecule has 0 atom stereocenters. The van der Waals surface area contributed by atoms with E-state index in [4.69, 9.17) is 4.74 Å². The van der Waals surface area contributed by atoms with E-state index in [2.05, 4.69) is 10.2 Å². The molecule has 0 saturated carbocycles. The van der Waals surface area contributed by atoms with Crippen LogP contribution >= 0.6 is 0 Å². The first-order valence-corrected chi connectivity index (χ1v) is 7.49. The third-order valence-corrected chi connectivity index (χ3v) is 3.06. The molecule has 2 aromatic rings. The van der Waals surface area contributed by atoms with Gasteiger partial charge in [0.05, 0.1) is 19.0 Å². The molecule has 2 rings (SSSR count). The molecule has 0 fully saturated rings. The maximum Gasteiger partial charge on any atom is 0.343 e. The quantitative estimate of drug-likeness (QED) is 0.290. The Labute approximate surface area is 140 Å². The summed E-state index contributed by atoms with van der Waals surface area (Å²) in [4.78, 5) is 12.0. The molecule has 5 nitrogen and oxygen atoms in total. The molecule has 0 aliphatic rings. The van der Waals surface area contributed by atoms with Crippen LogP contribution in [0.2, 0.25) is 0 Å². The first-order valence-electron chi connectivity index (χ1n) is 7.49. The van der Waals surface area contributed by atoms with Crippen LogP contribution in [0.15, 0.2) is 76.4 Å². The second-order valence-electron chi connectivity index (χ2n) is 4.75. The Morgan fingerprint density at radius 2 is 1.67 bits per heavy atom. The number of aliphatic hydroxyl groups excluding tert-OH is 1. The number of nitrogens with zero attached hydrogens (tertiary/aromatic N) is 2. The van der Waals surface area contributed by atoms with Crippen LogP contribution in [0.1, 0.15) is 18.1 Å². The summed E-state index contributed by atoms with van der Waals surface area (Å²) in [6, 6.07) is 18.2. The maximum atomic E-state index is 12.0. The van der Waals surface area contributed by atoms with Crippen LogP contribution in [0, 0.1) is 0 Å². The summed E-state index contributed by atoms with van der Waals surface area (Å²) in [6.45, 7) is 1.89. The normalized spacial score (nSPS) is 12.4. The van der Waals surface area contributed by atoms with Gasteiger partial charge >= 0.3 is 5.97 Å². The van der Waals surface area contributed by atoms with E-state index >= 15 is 0 Å². The van der Waals surface area contributed by atoms with Crippen LogP contribution < -0.4 is 0 Å². The fraction of sp³-hybridized carbons (Fsp3) is 0.105. The first kappa shape index (κ1) is 17.1. The predicted molar refractivity (Wildman–Crippen MR) is 95.2 cm³/mol. The van der Waals surface area contributed by atoms with Crippen LogP contribution in [-0.2, 0) is 9.53 Å². The zero-order valence-electron chi connectivity index (χ0n) is 13.3. The third kappa shape index (κ3) is 4.91. The second kappa shape index (κ2) is 9.05. The van der Waals surface area contributed by atoms with Gasteiger partial charge in [-0.15, -0.1) is 0 Å². The lowest BCUT2D eigenvalue weighted by Gasteiger charge is -2.06. The third-order valence-electron chi connectivity index (χ3n) is 3.06. The van der Waals surface area contributed by atoms with Gasteiger partial charge in [0.1, 0.15) is 11.3 Å². The highest BCUT2D eigenvalue weighted by molar-refractivity contribution is 6.15. The van der Waals surface area contributed by atoms with Gasteiger partial charge < -0.3 is 9.84 Å². The molecule has 122 valence electrons. The smallest absolute Gasteiger partial charge is 0.343 e. The summed E-state index contributed by atoms with van der Waals surface area (Å²) in [5, 5.41) is 18.1. The highest BCUT2D eigenvalue weighted by Crippen LogP contribution is 2.15. The van der Waals surface area contributed by atoms with Gasteiger partial charge in [0.2, 0.25) is 0 Å². The van der Waals surface area contributed by atoms with Crippen LogP contribution in [0.4, 0.5) is 0 Å². The number of benzene rings is 2. The first-order chi connectivity index (χ1) is 11.7. The van der Waals surface area contributed by atoms with Crippen LogP contribution in [0.25, 0.3) is 5.76 Å². The van der Waals surface area contributed by atoms with Crippen LogP contribution in [-0.4, -0.2) is 30.1 Å². The van der Waals surface area contributed by atoms with E-state index in [1.807, 2.05) is 36.4 Å². The molecule has 24 heavy (non-hydrogen) atoms. The largest absolute Gasteiger partial charge is 0.506 e. The lowest BCUT2D eigenvalue weighted by molar-refractivity contribution is -0.137. The average molecular weight is 322 g/mol. The van der Waals surface area contributed by atoms with Crippen molar-refractivity contribution < 1.29 is 14.6 Å². The van der Waals surface area contributed by atoms with Gasteiger partial charge in [-0.25, -0.2) is 4.79 Å². The van der Waals surface area contributed by atoms with E-state index in [0.717, 1.165) is 5.56 Å². The van der Waals surface area contributed by atoms with Gasteiger partial charge in [0, 0.05) is 5.56 Å². The number of rotatable bonds is 6. The molecule has 2 aromatic carbocycles. The molecular weight excluding hydrogens is 304 g/mol. The zero-order valence-corrected chi connectivity index (χ0v) is 13.3. The van der Waals surface area contributed by atoms with E-state index < -0.39 is 5.97 Å². The Balaban J connectivity index is 2.25.